The predicted molar refractivity (Wildman–Crippen MR) is 70.8 cm³/mol. The number of nitrogen functional groups attached to an aromatic ring is 1. The Morgan fingerprint density at radius 1 is 1.28 bits per heavy atom. The fourth-order valence-electron chi connectivity index (χ4n) is 1.27. The minimum atomic E-state index is -0.713. The molecule has 98 valence electrons. The number of nitrogens with one attached hydrogen (secondary N) is 1. The molecule has 1 rings (SSSR count). The zero-order chi connectivity index (χ0) is 13.9. The third-order valence-corrected chi connectivity index (χ3v) is 2.73. The van der Waals surface area contributed by atoms with Crippen molar-refractivity contribution < 1.29 is 9.59 Å². The first-order valence-corrected chi connectivity index (χ1v) is 5.47. The standard InChI is InChI=1S/C12H18N4O2/c1-12(2,11(15)18)6-16-9-5-7(10(14)17)3-4-8(9)13/h3-5,16H,6,13H2,1-2H3,(H2,14,17)(H2,15,18). The van der Waals surface area contributed by atoms with E-state index < -0.39 is 17.2 Å². The first-order chi connectivity index (χ1) is 8.24. The second-order valence-corrected chi connectivity index (χ2v) is 4.77. The van der Waals surface area contributed by atoms with E-state index in [0.717, 1.165) is 0 Å². The quantitative estimate of drug-likeness (QED) is 0.560. The van der Waals surface area contributed by atoms with Gasteiger partial charge in [-0.1, -0.05) is 0 Å². The SMILES string of the molecule is CC(C)(CNc1cc(C(N)=O)ccc1N)C(N)=O. The number of hydrogen-bond donors (Lipinski definition) is 4. The second kappa shape index (κ2) is 4.95. The maximum Gasteiger partial charge on any atom is 0.248 e. The Bertz CT molecular complexity index is 483. The summed E-state index contributed by atoms with van der Waals surface area (Å²) in [7, 11) is 0. The average Bonchev–Trinajstić information content (AvgIpc) is 2.27. The van der Waals surface area contributed by atoms with Gasteiger partial charge in [0.05, 0.1) is 16.8 Å². The van der Waals surface area contributed by atoms with Crippen LogP contribution in [0.25, 0.3) is 0 Å². The Morgan fingerprint density at radius 2 is 1.89 bits per heavy atom. The summed E-state index contributed by atoms with van der Waals surface area (Å²) in [5, 5.41) is 3.00. The van der Waals surface area contributed by atoms with Gasteiger partial charge in [-0.3, -0.25) is 9.59 Å². The molecule has 0 bridgehead atoms. The zero-order valence-corrected chi connectivity index (χ0v) is 10.5. The van der Waals surface area contributed by atoms with Gasteiger partial charge in [0.25, 0.3) is 0 Å². The van der Waals surface area contributed by atoms with Gasteiger partial charge >= 0.3 is 0 Å². The van der Waals surface area contributed by atoms with Gasteiger partial charge in [-0.25, -0.2) is 0 Å². The number of carbonyl (C=O) groups excluding carboxylic acids is 2. The predicted octanol–water partition coefficient (Wildman–Crippen LogP) is 0.291. The fraction of sp³-hybridized carbons (Fsp3) is 0.333. The van der Waals surface area contributed by atoms with E-state index in [1.165, 1.54) is 0 Å². The average molecular weight is 250 g/mol. The molecule has 2 amide bonds. The number of rotatable bonds is 5. The summed E-state index contributed by atoms with van der Waals surface area (Å²) in [5.74, 6) is -0.952. The molecule has 0 saturated carbocycles. The van der Waals surface area contributed by atoms with Crippen molar-refractivity contribution in [3.8, 4) is 0 Å². The van der Waals surface area contributed by atoms with E-state index in [9.17, 15) is 9.59 Å². The maximum atomic E-state index is 11.2. The third kappa shape index (κ3) is 3.13. The molecule has 0 saturated heterocycles. The molecule has 6 heteroatoms. The number of anilines is 2. The van der Waals surface area contributed by atoms with Crippen molar-refractivity contribution in [2.45, 2.75) is 13.8 Å². The number of amides is 2. The van der Waals surface area contributed by atoms with E-state index in [0.29, 0.717) is 23.5 Å². The van der Waals surface area contributed by atoms with Gasteiger partial charge in [0.2, 0.25) is 11.8 Å². The molecular formula is C12H18N4O2. The Labute approximate surface area is 106 Å². The molecule has 0 aliphatic heterocycles. The summed E-state index contributed by atoms with van der Waals surface area (Å²) in [4.78, 5) is 22.2. The lowest BCUT2D eigenvalue weighted by atomic mass is 9.92. The Morgan fingerprint density at radius 3 is 2.39 bits per heavy atom. The number of primary amides is 2. The first kappa shape index (κ1) is 13.8. The first-order valence-electron chi connectivity index (χ1n) is 5.47. The van der Waals surface area contributed by atoms with E-state index in [1.54, 1.807) is 32.0 Å². The van der Waals surface area contributed by atoms with Crippen LogP contribution in [0.1, 0.15) is 24.2 Å². The minimum Gasteiger partial charge on any atom is -0.397 e. The van der Waals surface area contributed by atoms with Crippen molar-refractivity contribution >= 4 is 23.2 Å². The van der Waals surface area contributed by atoms with E-state index in [-0.39, 0.29) is 0 Å². The summed E-state index contributed by atoms with van der Waals surface area (Å²) >= 11 is 0. The van der Waals surface area contributed by atoms with Crippen LogP contribution in [0.3, 0.4) is 0 Å². The molecule has 18 heavy (non-hydrogen) atoms. The molecule has 0 radical (unpaired) electrons. The van der Waals surface area contributed by atoms with Crippen molar-refractivity contribution in [2.75, 3.05) is 17.6 Å². The van der Waals surface area contributed by atoms with Crippen LogP contribution >= 0.6 is 0 Å². The monoisotopic (exact) mass is 250 g/mol. The van der Waals surface area contributed by atoms with Crippen molar-refractivity contribution in [3.63, 3.8) is 0 Å². The van der Waals surface area contributed by atoms with Gasteiger partial charge < -0.3 is 22.5 Å². The lowest BCUT2D eigenvalue weighted by Crippen LogP contribution is -2.37. The normalized spacial score (nSPS) is 11.0. The van der Waals surface area contributed by atoms with E-state index in [2.05, 4.69) is 5.32 Å². The van der Waals surface area contributed by atoms with Gasteiger partial charge in [-0.15, -0.1) is 0 Å². The highest BCUT2D eigenvalue weighted by Gasteiger charge is 2.24. The highest BCUT2D eigenvalue weighted by Crippen LogP contribution is 2.22. The highest BCUT2D eigenvalue weighted by molar-refractivity contribution is 5.95. The molecule has 0 aliphatic carbocycles. The Hall–Kier alpha value is -2.24. The second-order valence-electron chi connectivity index (χ2n) is 4.77. The van der Waals surface area contributed by atoms with Crippen molar-refractivity contribution in [1.29, 1.82) is 0 Å². The topological polar surface area (TPSA) is 124 Å². The van der Waals surface area contributed by atoms with Crippen molar-refractivity contribution in [1.82, 2.24) is 0 Å². The molecular weight excluding hydrogens is 232 g/mol. The number of hydrogen-bond acceptors (Lipinski definition) is 4. The smallest absolute Gasteiger partial charge is 0.248 e. The van der Waals surface area contributed by atoms with Gasteiger partial charge in [0.15, 0.2) is 0 Å². The fourth-order valence-corrected chi connectivity index (χ4v) is 1.27. The molecule has 0 aromatic heterocycles. The van der Waals surface area contributed by atoms with Crippen LogP contribution in [-0.4, -0.2) is 18.4 Å². The lowest BCUT2D eigenvalue weighted by molar-refractivity contribution is -0.125. The molecule has 0 aliphatic rings. The van der Waals surface area contributed by atoms with Gasteiger partial charge in [-0.2, -0.15) is 0 Å². The summed E-state index contributed by atoms with van der Waals surface area (Å²) in [5.41, 5.74) is 16.9. The summed E-state index contributed by atoms with van der Waals surface area (Å²) in [6, 6.07) is 4.68. The Kier molecular flexibility index (Phi) is 3.80. The van der Waals surface area contributed by atoms with Crippen molar-refractivity contribution in [2.24, 2.45) is 16.9 Å². The molecule has 0 atom stereocenters. The Balaban J connectivity index is 2.88. The van der Waals surface area contributed by atoms with E-state index in [1.807, 2.05) is 0 Å². The molecule has 0 fully saturated rings. The molecule has 6 nitrogen and oxygen atoms in total. The minimum absolute atomic E-state index is 0.314. The highest BCUT2D eigenvalue weighted by atomic mass is 16.1. The lowest BCUT2D eigenvalue weighted by Gasteiger charge is -2.22. The molecule has 0 heterocycles. The summed E-state index contributed by atoms with van der Waals surface area (Å²) < 4.78 is 0. The maximum absolute atomic E-state index is 11.2. The largest absolute Gasteiger partial charge is 0.397 e. The summed E-state index contributed by atoms with van der Waals surface area (Å²) in [6.07, 6.45) is 0. The molecule has 1 aromatic carbocycles. The van der Waals surface area contributed by atoms with E-state index in [4.69, 9.17) is 17.2 Å². The van der Waals surface area contributed by atoms with Crippen LogP contribution in [0.5, 0.6) is 0 Å². The number of benzene rings is 1. The van der Waals surface area contributed by atoms with Crippen molar-refractivity contribution in [3.05, 3.63) is 23.8 Å². The van der Waals surface area contributed by atoms with Crippen LogP contribution in [-0.2, 0) is 4.79 Å². The molecule has 0 spiro atoms. The van der Waals surface area contributed by atoms with Gasteiger partial charge in [0.1, 0.15) is 0 Å². The molecule has 7 N–H and O–H groups in total. The van der Waals surface area contributed by atoms with Crippen LogP contribution in [0.2, 0.25) is 0 Å². The van der Waals surface area contributed by atoms with Crippen LogP contribution in [0.15, 0.2) is 18.2 Å². The zero-order valence-electron chi connectivity index (χ0n) is 10.5. The van der Waals surface area contributed by atoms with Crippen LogP contribution < -0.4 is 22.5 Å². The van der Waals surface area contributed by atoms with Gasteiger partial charge in [0, 0.05) is 12.1 Å². The number of nitrogens with two attached hydrogens (primary N) is 3. The van der Waals surface area contributed by atoms with Crippen LogP contribution in [0, 0.1) is 5.41 Å². The summed E-state index contributed by atoms with van der Waals surface area (Å²) in [6.45, 7) is 3.75. The van der Waals surface area contributed by atoms with Crippen LogP contribution in [0.4, 0.5) is 11.4 Å². The third-order valence-electron chi connectivity index (χ3n) is 2.73. The number of carbonyl (C=O) groups is 2. The van der Waals surface area contributed by atoms with E-state index >= 15 is 0 Å². The molecule has 1 aromatic rings. The van der Waals surface area contributed by atoms with Gasteiger partial charge in [-0.05, 0) is 32.0 Å². The molecule has 0 unspecified atom stereocenters.